The van der Waals surface area contributed by atoms with Crippen LogP contribution in [0.3, 0.4) is 0 Å². The summed E-state index contributed by atoms with van der Waals surface area (Å²) in [7, 11) is 0. The lowest BCUT2D eigenvalue weighted by Gasteiger charge is -2.33. The highest BCUT2D eigenvalue weighted by atomic mass is 16.4. The summed E-state index contributed by atoms with van der Waals surface area (Å²) in [5.41, 5.74) is -0.801. The van der Waals surface area contributed by atoms with Gasteiger partial charge in [0.1, 0.15) is 5.56 Å². The molecule has 0 unspecified atom stereocenters. The fourth-order valence-corrected chi connectivity index (χ4v) is 1.72. The minimum atomic E-state index is -1.23. The van der Waals surface area contributed by atoms with Gasteiger partial charge in [0, 0.05) is 6.20 Å². The van der Waals surface area contributed by atoms with Gasteiger partial charge in [0.25, 0.3) is 5.56 Å². The van der Waals surface area contributed by atoms with Gasteiger partial charge in [-0.1, -0.05) is 0 Å². The van der Waals surface area contributed by atoms with Crippen molar-refractivity contribution in [3.05, 3.63) is 34.2 Å². The fourth-order valence-electron chi connectivity index (χ4n) is 1.72. The molecule has 15 heavy (non-hydrogen) atoms. The number of aromatic carboxylic acids is 1. The van der Waals surface area contributed by atoms with E-state index in [1.54, 1.807) is 0 Å². The predicted octanol–water partition coefficient (Wildman–Crippen LogP) is 0.242. The zero-order valence-corrected chi connectivity index (χ0v) is 7.96. The monoisotopic (exact) mass is 209 g/mol. The summed E-state index contributed by atoms with van der Waals surface area (Å²) >= 11 is 0. The highest BCUT2D eigenvalue weighted by Gasteiger charge is 2.31. The van der Waals surface area contributed by atoms with Gasteiger partial charge in [-0.15, -0.1) is 0 Å². The molecule has 0 amide bonds. The average molecular weight is 209 g/mol. The van der Waals surface area contributed by atoms with Gasteiger partial charge in [-0.2, -0.15) is 0 Å². The Morgan fingerprint density at radius 1 is 1.47 bits per heavy atom. The Morgan fingerprint density at radius 3 is 2.67 bits per heavy atom. The second kappa shape index (κ2) is 3.51. The molecule has 5 nitrogen and oxygen atoms in total. The normalized spacial score (nSPS) is 24.6. The largest absolute Gasteiger partial charge is 0.477 e. The molecule has 1 heterocycles. The summed E-state index contributed by atoms with van der Waals surface area (Å²) in [5, 5.41) is 18.2. The van der Waals surface area contributed by atoms with Crippen LogP contribution in [0.5, 0.6) is 0 Å². The van der Waals surface area contributed by atoms with Gasteiger partial charge < -0.3 is 14.8 Å². The molecule has 0 saturated heterocycles. The first kappa shape index (κ1) is 9.92. The molecule has 1 aromatic rings. The molecule has 2 atom stereocenters. The third-order valence-electron chi connectivity index (χ3n) is 2.76. The molecule has 5 heteroatoms. The molecule has 80 valence electrons. The second-order valence-electron chi connectivity index (χ2n) is 3.65. The number of hydrogen-bond acceptors (Lipinski definition) is 3. The van der Waals surface area contributed by atoms with Gasteiger partial charge in [-0.3, -0.25) is 4.79 Å². The SMILES string of the molecule is O=C(O)c1cccn([C@@H]2CC[C@@H]2O)c1=O. The van der Waals surface area contributed by atoms with E-state index in [4.69, 9.17) is 5.11 Å². The fraction of sp³-hybridized carbons (Fsp3) is 0.400. The lowest BCUT2D eigenvalue weighted by molar-refractivity contribution is 0.0294. The summed E-state index contributed by atoms with van der Waals surface area (Å²) < 4.78 is 1.30. The van der Waals surface area contributed by atoms with Crippen LogP contribution in [-0.2, 0) is 0 Å². The van der Waals surface area contributed by atoms with Crippen LogP contribution in [-0.4, -0.2) is 26.9 Å². The van der Waals surface area contributed by atoms with Crippen molar-refractivity contribution in [1.82, 2.24) is 4.57 Å². The van der Waals surface area contributed by atoms with Crippen LogP contribution in [0.4, 0.5) is 0 Å². The molecule has 0 radical (unpaired) electrons. The van der Waals surface area contributed by atoms with E-state index in [0.717, 1.165) is 0 Å². The number of nitrogens with zero attached hydrogens (tertiary/aromatic N) is 1. The summed E-state index contributed by atoms with van der Waals surface area (Å²) in [6, 6.07) is 2.51. The van der Waals surface area contributed by atoms with Crippen molar-refractivity contribution in [3.63, 3.8) is 0 Å². The van der Waals surface area contributed by atoms with Crippen molar-refractivity contribution in [2.45, 2.75) is 25.0 Å². The van der Waals surface area contributed by atoms with Crippen molar-refractivity contribution < 1.29 is 15.0 Å². The van der Waals surface area contributed by atoms with Crippen LogP contribution < -0.4 is 5.56 Å². The maximum atomic E-state index is 11.7. The minimum absolute atomic E-state index is 0.253. The molecular weight excluding hydrogens is 198 g/mol. The lowest BCUT2D eigenvalue weighted by atomic mass is 9.89. The zero-order chi connectivity index (χ0) is 11.0. The topological polar surface area (TPSA) is 79.5 Å². The van der Waals surface area contributed by atoms with Gasteiger partial charge in [0.15, 0.2) is 0 Å². The van der Waals surface area contributed by atoms with Gasteiger partial charge in [-0.05, 0) is 25.0 Å². The molecule has 1 fully saturated rings. The van der Waals surface area contributed by atoms with Crippen molar-refractivity contribution in [3.8, 4) is 0 Å². The molecule has 0 bridgehead atoms. The molecular formula is C10H11NO4. The number of hydrogen-bond donors (Lipinski definition) is 2. The van der Waals surface area contributed by atoms with E-state index in [9.17, 15) is 14.7 Å². The Labute approximate surface area is 85.6 Å². The molecule has 1 aliphatic carbocycles. The first-order valence-electron chi connectivity index (χ1n) is 4.74. The van der Waals surface area contributed by atoms with E-state index in [-0.39, 0.29) is 11.6 Å². The Hall–Kier alpha value is -1.62. The summed E-state index contributed by atoms with van der Waals surface area (Å²) in [6.45, 7) is 0. The van der Waals surface area contributed by atoms with E-state index >= 15 is 0 Å². The Balaban J connectivity index is 2.45. The van der Waals surface area contributed by atoms with Crippen molar-refractivity contribution in [2.75, 3.05) is 0 Å². The van der Waals surface area contributed by atoms with E-state index < -0.39 is 17.6 Å². The summed E-state index contributed by atoms with van der Waals surface area (Å²) in [4.78, 5) is 22.4. The van der Waals surface area contributed by atoms with E-state index in [1.165, 1.54) is 22.9 Å². The molecule has 1 aliphatic rings. The Kier molecular flexibility index (Phi) is 2.32. The molecule has 0 aliphatic heterocycles. The zero-order valence-electron chi connectivity index (χ0n) is 7.96. The number of carboxylic acids is 1. The number of pyridine rings is 1. The van der Waals surface area contributed by atoms with Crippen molar-refractivity contribution in [2.24, 2.45) is 0 Å². The summed E-state index contributed by atoms with van der Waals surface area (Å²) in [5.74, 6) is -1.23. The van der Waals surface area contributed by atoms with Gasteiger partial charge in [-0.25, -0.2) is 4.79 Å². The lowest BCUT2D eigenvalue weighted by Crippen LogP contribution is -2.40. The highest BCUT2D eigenvalue weighted by Crippen LogP contribution is 2.30. The van der Waals surface area contributed by atoms with E-state index in [2.05, 4.69) is 0 Å². The Morgan fingerprint density at radius 2 is 2.20 bits per heavy atom. The smallest absolute Gasteiger partial charge is 0.341 e. The van der Waals surface area contributed by atoms with Crippen LogP contribution in [0.15, 0.2) is 23.1 Å². The highest BCUT2D eigenvalue weighted by molar-refractivity contribution is 5.86. The number of carbonyl (C=O) groups is 1. The van der Waals surface area contributed by atoms with Crippen molar-refractivity contribution in [1.29, 1.82) is 0 Å². The van der Waals surface area contributed by atoms with Crippen LogP contribution in [0.1, 0.15) is 29.2 Å². The second-order valence-corrected chi connectivity index (χ2v) is 3.65. The van der Waals surface area contributed by atoms with E-state index in [1.807, 2.05) is 0 Å². The average Bonchev–Trinajstić information content (AvgIpc) is 2.18. The molecule has 2 N–H and O–H groups in total. The first-order chi connectivity index (χ1) is 7.11. The van der Waals surface area contributed by atoms with Crippen LogP contribution >= 0.6 is 0 Å². The number of aliphatic hydroxyl groups is 1. The standard InChI is InChI=1S/C10H11NO4/c12-8-4-3-7(8)11-5-1-2-6(9(11)13)10(14)15/h1-2,5,7-8,12H,3-4H2,(H,14,15)/t7-,8+/m1/s1. The quantitative estimate of drug-likeness (QED) is 0.731. The number of aromatic nitrogens is 1. The minimum Gasteiger partial charge on any atom is -0.477 e. The van der Waals surface area contributed by atoms with Gasteiger partial charge in [0.2, 0.25) is 0 Å². The first-order valence-corrected chi connectivity index (χ1v) is 4.74. The van der Waals surface area contributed by atoms with Gasteiger partial charge >= 0.3 is 5.97 Å². The molecule has 1 aromatic heterocycles. The third kappa shape index (κ3) is 1.55. The maximum Gasteiger partial charge on any atom is 0.341 e. The summed E-state index contributed by atoms with van der Waals surface area (Å²) in [6.07, 6.45) is 2.35. The van der Waals surface area contributed by atoms with Crippen LogP contribution in [0.2, 0.25) is 0 Å². The number of carboxylic acid groups (broad SMARTS) is 1. The molecule has 0 spiro atoms. The number of aliphatic hydroxyl groups excluding tert-OH is 1. The maximum absolute atomic E-state index is 11.7. The molecule has 2 rings (SSSR count). The van der Waals surface area contributed by atoms with Gasteiger partial charge in [0.05, 0.1) is 12.1 Å². The Bertz CT molecular complexity index is 451. The van der Waals surface area contributed by atoms with Crippen LogP contribution in [0, 0.1) is 0 Å². The third-order valence-corrected chi connectivity index (χ3v) is 2.76. The van der Waals surface area contributed by atoms with Crippen LogP contribution in [0.25, 0.3) is 0 Å². The van der Waals surface area contributed by atoms with E-state index in [0.29, 0.717) is 12.8 Å². The predicted molar refractivity (Wildman–Crippen MR) is 51.9 cm³/mol. The molecule has 1 saturated carbocycles. The molecule has 0 aromatic carbocycles. The van der Waals surface area contributed by atoms with Crippen molar-refractivity contribution >= 4 is 5.97 Å². The number of rotatable bonds is 2.